The second-order valence-corrected chi connectivity index (χ2v) is 4.22. The second-order valence-electron chi connectivity index (χ2n) is 3.37. The van der Waals surface area contributed by atoms with Crippen LogP contribution in [0.3, 0.4) is 0 Å². The van der Waals surface area contributed by atoms with Crippen molar-refractivity contribution in [3.05, 3.63) is 34.9 Å². The molecule has 0 amide bonds. The van der Waals surface area contributed by atoms with Crippen LogP contribution in [0.4, 0.5) is 5.69 Å². The summed E-state index contributed by atoms with van der Waals surface area (Å²) in [5, 5.41) is 1.17. The first-order valence-corrected chi connectivity index (χ1v) is 5.20. The van der Waals surface area contributed by atoms with E-state index in [4.69, 9.17) is 0 Å². The summed E-state index contributed by atoms with van der Waals surface area (Å²) in [6, 6.07) is 8.14. The number of halogens is 1. The summed E-state index contributed by atoms with van der Waals surface area (Å²) in [6.07, 6.45) is 1.84. The molecule has 0 radical (unpaired) electrons. The molecule has 1 aromatic carbocycles. The molecule has 2 aromatic rings. The lowest BCUT2D eigenvalue weighted by molar-refractivity contribution is 1.13. The van der Waals surface area contributed by atoms with Gasteiger partial charge in [-0.1, -0.05) is 18.2 Å². The Morgan fingerprint density at radius 3 is 2.64 bits per heavy atom. The molecule has 0 unspecified atom stereocenters. The van der Waals surface area contributed by atoms with Crippen LogP contribution in [0.25, 0.3) is 10.9 Å². The third kappa shape index (κ3) is 1.48. The van der Waals surface area contributed by atoms with Crippen LogP contribution in [-0.2, 0) is 0 Å². The SMILES string of the molecule is CN(C)c1c(Br)cnc2ccccc12. The maximum Gasteiger partial charge on any atom is 0.0723 e. The van der Waals surface area contributed by atoms with E-state index in [0.29, 0.717) is 0 Å². The van der Waals surface area contributed by atoms with Gasteiger partial charge < -0.3 is 4.90 Å². The number of para-hydroxylation sites is 1. The number of hydrogen-bond acceptors (Lipinski definition) is 2. The second kappa shape index (κ2) is 3.58. The van der Waals surface area contributed by atoms with Crippen LogP contribution in [0.15, 0.2) is 34.9 Å². The summed E-state index contributed by atoms with van der Waals surface area (Å²) in [4.78, 5) is 6.44. The molecule has 3 heteroatoms. The molecular weight excluding hydrogens is 240 g/mol. The Balaban J connectivity index is 2.83. The first-order valence-electron chi connectivity index (χ1n) is 4.40. The monoisotopic (exact) mass is 250 g/mol. The first-order chi connectivity index (χ1) is 6.70. The predicted molar refractivity (Wildman–Crippen MR) is 63.8 cm³/mol. The average Bonchev–Trinajstić information content (AvgIpc) is 2.17. The van der Waals surface area contributed by atoms with E-state index in [1.54, 1.807) is 0 Å². The zero-order valence-corrected chi connectivity index (χ0v) is 9.75. The van der Waals surface area contributed by atoms with Crippen LogP contribution in [0.2, 0.25) is 0 Å². The molecule has 0 aliphatic carbocycles. The van der Waals surface area contributed by atoms with Crippen molar-refractivity contribution in [2.24, 2.45) is 0 Å². The van der Waals surface area contributed by atoms with Crippen LogP contribution in [0.5, 0.6) is 0 Å². The number of aromatic nitrogens is 1. The highest BCUT2D eigenvalue weighted by molar-refractivity contribution is 9.10. The highest BCUT2D eigenvalue weighted by Gasteiger charge is 2.07. The van der Waals surface area contributed by atoms with E-state index < -0.39 is 0 Å². The average molecular weight is 251 g/mol. The summed E-state index contributed by atoms with van der Waals surface area (Å²) < 4.78 is 1.03. The largest absolute Gasteiger partial charge is 0.376 e. The van der Waals surface area contributed by atoms with Gasteiger partial charge in [0.25, 0.3) is 0 Å². The third-order valence-corrected chi connectivity index (χ3v) is 2.73. The van der Waals surface area contributed by atoms with Crippen molar-refractivity contribution in [3.63, 3.8) is 0 Å². The standard InChI is InChI=1S/C11H11BrN2/c1-14(2)11-8-5-3-4-6-10(8)13-7-9(11)12/h3-7H,1-2H3. The summed E-state index contributed by atoms with van der Waals surface area (Å²) in [5.41, 5.74) is 2.20. The molecule has 0 spiro atoms. The Labute approximate surface area is 91.7 Å². The van der Waals surface area contributed by atoms with Gasteiger partial charge in [0.05, 0.1) is 15.7 Å². The Morgan fingerprint density at radius 1 is 1.21 bits per heavy atom. The number of anilines is 1. The number of benzene rings is 1. The number of rotatable bonds is 1. The fourth-order valence-electron chi connectivity index (χ4n) is 1.56. The Kier molecular flexibility index (Phi) is 2.42. The van der Waals surface area contributed by atoms with E-state index in [1.807, 2.05) is 38.5 Å². The Bertz CT molecular complexity index is 466. The molecule has 2 nitrogen and oxygen atoms in total. The molecule has 0 aliphatic rings. The lowest BCUT2D eigenvalue weighted by atomic mass is 10.2. The molecule has 14 heavy (non-hydrogen) atoms. The molecule has 0 saturated carbocycles. The van der Waals surface area contributed by atoms with Crippen LogP contribution >= 0.6 is 15.9 Å². The molecule has 0 atom stereocenters. The van der Waals surface area contributed by atoms with E-state index in [0.717, 1.165) is 9.99 Å². The zero-order valence-electron chi connectivity index (χ0n) is 8.16. The third-order valence-electron chi connectivity index (χ3n) is 2.15. The molecule has 72 valence electrons. The highest BCUT2D eigenvalue weighted by atomic mass is 79.9. The minimum atomic E-state index is 1.03. The smallest absolute Gasteiger partial charge is 0.0723 e. The van der Waals surface area contributed by atoms with E-state index in [-0.39, 0.29) is 0 Å². The zero-order chi connectivity index (χ0) is 10.1. The van der Waals surface area contributed by atoms with Crippen molar-refractivity contribution in [2.75, 3.05) is 19.0 Å². The van der Waals surface area contributed by atoms with Crippen LogP contribution in [-0.4, -0.2) is 19.1 Å². The molecule has 0 fully saturated rings. The quantitative estimate of drug-likeness (QED) is 0.774. The van der Waals surface area contributed by atoms with Gasteiger partial charge in [-0.3, -0.25) is 4.98 Å². The van der Waals surface area contributed by atoms with Crippen molar-refractivity contribution in [1.29, 1.82) is 0 Å². The van der Waals surface area contributed by atoms with Gasteiger partial charge in [-0.2, -0.15) is 0 Å². The maximum absolute atomic E-state index is 4.35. The van der Waals surface area contributed by atoms with Crippen molar-refractivity contribution in [3.8, 4) is 0 Å². The topological polar surface area (TPSA) is 16.1 Å². The Morgan fingerprint density at radius 2 is 1.93 bits per heavy atom. The normalized spacial score (nSPS) is 10.5. The summed E-state index contributed by atoms with van der Waals surface area (Å²) in [6.45, 7) is 0. The molecule has 0 aliphatic heterocycles. The molecule has 2 rings (SSSR count). The summed E-state index contributed by atoms with van der Waals surface area (Å²) in [7, 11) is 4.07. The van der Waals surface area contributed by atoms with Crippen LogP contribution in [0, 0.1) is 0 Å². The van der Waals surface area contributed by atoms with E-state index in [1.165, 1.54) is 11.1 Å². The van der Waals surface area contributed by atoms with E-state index in [2.05, 4.69) is 31.9 Å². The van der Waals surface area contributed by atoms with Crippen molar-refractivity contribution in [1.82, 2.24) is 4.98 Å². The van der Waals surface area contributed by atoms with Gasteiger partial charge in [0, 0.05) is 25.7 Å². The van der Waals surface area contributed by atoms with Gasteiger partial charge >= 0.3 is 0 Å². The predicted octanol–water partition coefficient (Wildman–Crippen LogP) is 3.06. The van der Waals surface area contributed by atoms with E-state index >= 15 is 0 Å². The van der Waals surface area contributed by atoms with Crippen LogP contribution in [0.1, 0.15) is 0 Å². The van der Waals surface area contributed by atoms with Gasteiger partial charge in [0.15, 0.2) is 0 Å². The highest BCUT2D eigenvalue weighted by Crippen LogP contribution is 2.31. The van der Waals surface area contributed by atoms with Gasteiger partial charge in [0.1, 0.15) is 0 Å². The van der Waals surface area contributed by atoms with Gasteiger partial charge in [0.2, 0.25) is 0 Å². The maximum atomic E-state index is 4.35. The summed E-state index contributed by atoms with van der Waals surface area (Å²) in [5.74, 6) is 0. The van der Waals surface area contributed by atoms with Crippen molar-refractivity contribution in [2.45, 2.75) is 0 Å². The summed E-state index contributed by atoms with van der Waals surface area (Å²) >= 11 is 3.51. The van der Waals surface area contributed by atoms with Crippen molar-refractivity contribution < 1.29 is 0 Å². The Hall–Kier alpha value is -1.09. The fourth-order valence-corrected chi connectivity index (χ4v) is 2.23. The number of nitrogens with zero attached hydrogens (tertiary/aromatic N) is 2. The molecule has 0 N–H and O–H groups in total. The van der Waals surface area contributed by atoms with E-state index in [9.17, 15) is 0 Å². The molecule has 1 heterocycles. The van der Waals surface area contributed by atoms with Crippen molar-refractivity contribution >= 4 is 32.5 Å². The van der Waals surface area contributed by atoms with Gasteiger partial charge in [-0.05, 0) is 22.0 Å². The molecule has 1 aromatic heterocycles. The minimum Gasteiger partial charge on any atom is -0.376 e. The minimum absolute atomic E-state index is 1.03. The van der Waals surface area contributed by atoms with Crippen LogP contribution < -0.4 is 4.90 Å². The lowest BCUT2D eigenvalue weighted by Crippen LogP contribution is -2.10. The molecule has 0 saturated heterocycles. The van der Waals surface area contributed by atoms with Gasteiger partial charge in [-0.15, -0.1) is 0 Å². The number of pyridine rings is 1. The molecule has 0 bridgehead atoms. The fraction of sp³-hybridized carbons (Fsp3) is 0.182. The lowest BCUT2D eigenvalue weighted by Gasteiger charge is -2.16. The first kappa shape index (κ1) is 9.46. The van der Waals surface area contributed by atoms with Gasteiger partial charge in [-0.25, -0.2) is 0 Å². The molecular formula is C11H11BrN2. The number of fused-ring (bicyclic) bond motifs is 1. The number of hydrogen-bond donors (Lipinski definition) is 0.